The summed E-state index contributed by atoms with van der Waals surface area (Å²) in [6, 6.07) is 4.61. The highest BCUT2D eigenvalue weighted by molar-refractivity contribution is 5.54. The van der Waals surface area contributed by atoms with Crippen molar-refractivity contribution in [3.05, 3.63) is 23.3 Å². The van der Waals surface area contributed by atoms with Crippen LogP contribution in [0.5, 0.6) is 11.5 Å². The zero-order valence-electron chi connectivity index (χ0n) is 15.1. The van der Waals surface area contributed by atoms with Crippen molar-refractivity contribution in [1.82, 2.24) is 0 Å². The Morgan fingerprint density at radius 3 is 2.57 bits per heavy atom. The van der Waals surface area contributed by atoms with Crippen LogP contribution in [0.25, 0.3) is 0 Å². The van der Waals surface area contributed by atoms with Crippen LogP contribution in [0.4, 0.5) is 0 Å². The SMILES string of the molecule is CCCCCc1cc2c3c(c1)OC(C)(C)C1CCC(C)(CC31)O2. The Kier molecular flexibility index (Phi) is 3.44. The van der Waals surface area contributed by atoms with Gasteiger partial charge in [-0.3, -0.25) is 0 Å². The second-order valence-electron chi connectivity index (χ2n) is 8.68. The molecule has 2 heterocycles. The molecular formula is C21H30O2. The number of aryl methyl sites for hydroxylation is 1. The van der Waals surface area contributed by atoms with Crippen LogP contribution in [0, 0.1) is 5.92 Å². The van der Waals surface area contributed by atoms with Gasteiger partial charge in [-0.15, -0.1) is 0 Å². The third-order valence-corrected chi connectivity index (χ3v) is 6.35. The highest BCUT2D eigenvalue weighted by Crippen LogP contribution is 2.60. The third kappa shape index (κ3) is 2.45. The second-order valence-corrected chi connectivity index (χ2v) is 8.68. The van der Waals surface area contributed by atoms with E-state index >= 15 is 0 Å². The Balaban J connectivity index is 1.76. The summed E-state index contributed by atoms with van der Waals surface area (Å²) >= 11 is 0. The third-order valence-electron chi connectivity index (χ3n) is 6.35. The van der Waals surface area contributed by atoms with Crippen LogP contribution in [0.1, 0.15) is 83.3 Å². The minimum atomic E-state index is -0.0599. The first-order valence-corrected chi connectivity index (χ1v) is 9.47. The van der Waals surface area contributed by atoms with E-state index in [1.165, 1.54) is 36.8 Å². The van der Waals surface area contributed by atoms with Crippen molar-refractivity contribution in [1.29, 1.82) is 0 Å². The highest BCUT2D eigenvalue weighted by Gasteiger charge is 2.54. The lowest BCUT2D eigenvalue weighted by atomic mass is 9.61. The van der Waals surface area contributed by atoms with Crippen LogP contribution in [-0.2, 0) is 6.42 Å². The van der Waals surface area contributed by atoms with Crippen molar-refractivity contribution < 1.29 is 9.47 Å². The number of hydrogen-bond acceptors (Lipinski definition) is 2. The number of hydrogen-bond donors (Lipinski definition) is 0. The number of fused-ring (bicyclic) bond motifs is 1. The summed E-state index contributed by atoms with van der Waals surface area (Å²) in [7, 11) is 0. The Morgan fingerprint density at radius 2 is 1.83 bits per heavy atom. The molecule has 0 aromatic heterocycles. The zero-order valence-corrected chi connectivity index (χ0v) is 15.1. The normalized spacial score (nSPS) is 32.9. The molecule has 4 rings (SSSR count). The van der Waals surface area contributed by atoms with Crippen molar-refractivity contribution >= 4 is 0 Å². The summed E-state index contributed by atoms with van der Waals surface area (Å²) in [6.07, 6.45) is 8.45. The lowest BCUT2D eigenvalue weighted by Crippen LogP contribution is -2.53. The minimum absolute atomic E-state index is 0.0287. The molecule has 0 amide bonds. The van der Waals surface area contributed by atoms with E-state index < -0.39 is 0 Å². The van der Waals surface area contributed by atoms with Crippen molar-refractivity contribution in [3.63, 3.8) is 0 Å². The minimum Gasteiger partial charge on any atom is -0.487 e. The van der Waals surface area contributed by atoms with Gasteiger partial charge >= 0.3 is 0 Å². The topological polar surface area (TPSA) is 18.5 Å². The molecule has 1 aromatic rings. The van der Waals surface area contributed by atoms with Gasteiger partial charge in [0.15, 0.2) is 0 Å². The molecule has 3 atom stereocenters. The summed E-state index contributed by atoms with van der Waals surface area (Å²) in [5.74, 6) is 3.45. The maximum absolute atomic E-state index is 6.49. The average molecular weight is 314 g/mol. The van der Waals surface area contributed by atoms with Crippen LogP contribution >= 0.6 is 0 Å². The molecule has 1 aliphatic carbocycles. The molecule has 2 bridgehead atoms. The fourth-order valence-electron chi connectivity index (χ4n) is 5.14. The van der Waals surface area contributed by atoms with Crippen molar-refractivity contribution in [2.45, 2.75) is 89.8 Å². The van der Waals surface area contributed by atoms with Gasteiger partial charge in [0.1, 0.15) is 22.7 Å². The van der Waals surface area contributed by atoms with Gasteiger partial charge < -0.3 is 9.47 Å². The standard InChI is InChI=1S/C21H30O2/c1-5-6-7-8-14-11-17-19-15-13-21(4,23-18(19)12-14)10-9-16(15)20(2,3)22-17/h11-12,15-16H,5-10,13H2,1-4H3. The van der Waals surface area contributed by atoms with Crippen LogP contribution in [0.15, 0.2) is 12.1 Å². The van der Waals surface area contributed by atoms with Crippen molar-refractivity contribution in [2.24, 2.45) is 5.92 Å². The molecular weight excluding hydrogens is 284 g/mol. The Labute approximate surface area is 140 Å². The molecule has 0 radical (unpaired) electrons. The molecule has 126 valence electrons. The second kappa shape index (κ2) is 5.16. The lowest BCUT2D eigenvalue weighted by Gasteiger charge is -2.55. The maximum Gasteiger partial charge on any atom is 0.127 e. The van der Waals surface area contributed by atoms with Crippen LogP contribution in [0.2, 0.25) is 0 Å². The first-order valence-electron chi connectivity index (χ1n) is 9.47. The maximum atomic E-state index is 6.49. The van der Waals surface area contributed by atoms with Gasteiger partial charge in [0, 0.05) is 17.4 Å². The van der Waals surface area contributed by atoms with E-state index in [-0.39, 0.29) is 11.2 Å². The molecule has 2 aliphatic heterocycles. The fourth-order valence-corrected chi connectivity index (χ4v) is 5.14. The van der Waals surface area contributed by atoms with E-state index in [0.717, 1.165) is 30.8 Å². The molecule has 1 saturated carbocycles. The predicted molar refractivity (Wildman–Crippen MR) is 93.5 cm³/mol. The quantitative estimate of drug-likeness (QED) is 0.671. The Bertz CT molecular complexity index is 601. The summed E-state index contributed by atoms with van der Waals surface area (Å²) < 4.78 is 13.0. The van der Waals surface area contributed by atoms with Crippen LogP contribution < -0.4 is 9.47 Å². The lowest BCUT2D eigenvalue weighted by molar-refractivity contribution is -0.0727. The Morgan fingerprint density at radius 1 is 1.09 bits per heavy atom. The van der Waals surface area contributed by atoms with Crippen LogP contribution in [0.3, 0.4) is 0 Å². The first kappa shape index (κ1) is 15.4. The molecule has 0 saturated heterocycles. The number of ether oxygens (including phenoxy) is 2. The summed E-state index contributed by atoms with van der Waals surface area (Å²) in [6.45, 7) is 9.12. The van der Waals surface area contributed by atoms with Crippen molar-refractivity contribution in [3.8, 4) is 11.5 Å². The van der Waals surface area contributed by atoms with E-state index in [9.17, 15) is 0 Å². The summed E-state index contributed by atoms with van der Waals surface area (Å²) in [4.78, 5) is 0. The average Bonchev–Trinajstić information content (AvgIpc) is 2.45. The molecule has 0 N–H and O–H groups in total. The van der Waals surface area contributed by atoms with Crippen molar-refractivity contribution in [2.75, 3.05) is 0 Å². The van der Waals surface area contributed by atoms with E-state index in [1.54, 1.807) is 0 Å². The largest absolute Gasteiger partial charge is 0.487 e. The summed E-state index contributed by atoms with van der Waals surface area (Å²) in [5.41, 5.74) is 2.71. The van der Waals surface area contributed by atoms with E-state index in [0.29, 0.717) is 11.8 Å². The molecule has 1 fully saturated rings. The molecule has 3 aliphatic rings. The molecule has 0 spiro atoms. The number of benzene rings is 1. The van der Waals surface area contributed by atoms with Gasteiger partial charge in [-0.2, -0.15) is 0 Å². The van der Waals surface area contributed by atoms with E-state index in [1.807, 2.05) is 0 Å². The van der Waals surface area contributed by atoms with Gasteiger partial charge in [0.2, 0.25) is 0 Å². The van der Waals surface area contributed by atoms with Gasteiger partial charge in [0.25, 0.3) is 0 Å². The predicted octanol–water partition coefficient (Wildman–Crippen LogP) is 5.63. The number of unbranched alkanes of at least 4 members (excludes halogenated alkanes) is 2. The first-order chi connectivity index (χ1) is 10.9. The van der Waals surface area contributed by atoms with E-state index in [4.69, 9.17) is 9.47 Å². The highest BCUT2D eigenvalue weighted by atomic mass is 16.5. The monoisotopic (exact) mass is 314 g/mol. The molecule has 23 heavy (non-hydrogen) atoms. The number of rotatable bonds is 4. The van der Waals surface area contributed by atoms with Gasteiger partial charge in [-0.1, -0.05) is 19.8 Å². The smallest absolute Gasteiger partial charge is 0.127 e. The molecule has 2 nitrogen and oxygen atoms in total. The Hall–Kier alpha value is -1.18. The van der Waals surface area contributed by atoms with Gasteiger partial charge in [0.05, 0.1) is 0 Å². The summed E-state index contributed by atoms with van der Waals surface area (Å²) in [5, 5.41) is 0. The molecule has 3 unspecified atom stereocenters. The fraction of sp³-hybridized carbons (Fsp3) is 0.714. The van der Waals surface area contributed by atoms with E-state index in [2.05, 4.69) is 39.8 Å². The van der Waals surface area contributed by atoms with Gasteiger partial charge in [-0.25, -0.2) is 0 Å². The molecule has 2 heteroatoms. The molecule has 1 aromatic carbocycles. The zero-order chi connectivity index (χ0) is 16.2. The van der Waals surface area contributed by atoms with Gasteiger partial charge in [-0.05, 0) is 70.6 Å². The van der Waals surface area contributed by atoms with Crippen LogP contribution in [-0.4, -0.2) is 11.2 Å².